The number of rotatable bonds is 4. The van der Waals surface area contributed by atoms with Crippen molar-refractivity contribution < 1.29 is 0 Å². The number of piperidine rings is 1. The molecule has 0 aromatic rings. The molecule has 1 saturated heterocycles. The molecular weight excluding hydrogens is 232 g/mol. The van der Waals surface area contributed by atoms with Crippen molar-refractivity contribution in [3.8, 4) is 6.07 Å². The summed E-state index contributed by atoms with van der Waals surface area (Å²) in [6.45, 7) is 5.85. The van der Waals surface area contributed by atoms with Crippen molar-refractivity contribution in [1.82, 2.24) is 4.90 Å². The summed E-state index contributed by atoms with van der Waals surface area (Å²) < 4.78 is 0. The number of nitriles is 1. The van der Waals surface area contributed by atoms with E-state index in [0.29, 0.717) is 12.0 Å². The molecule has 0 bridgehead atoms. The third kappa shape index (κ3) is 3.51. The van der Waals surface area contributed by atoms with Crippen LogP contribution in [0.4, 0.5) is 0 Å². The maximum Gasteiger partial charge on any atom is 0.0672 e. The third-order valence-corrected chi connectivity index (χ3v) is 5.36. The Morgan fingerprint density at radius 1 is 1.16 bits per heavy atom. The molecule has 108 valence electrons. The third-order valence-electron chi connectivity index (χ3n) is 5.36. The Morgan fingerprint density at radius 2 is 2.00 bits per heavy atom. The first-order valence-electron chi connectivity index (χ1n) is 8.45. The molecular formula is C17H30N2. The lowest BCUT2D eigenvalue weighted by Gasteiger charge is -2.46. The van der Waals surface area contributed by atoms with Crippen molar-refractivity contribution in [3.05, 3.63) is 0 Å². The monoisotopic (exact) mass is 262 g/mol. The molecule has 0 spiro atoms. The summed E-state index contributed by atoms with van der Waals surface area (Å²) in [7, 11) is 0. The summed E-state index contributed by atoms with van der Waals surface area (Å²) in [6.07, 6.45) is 11.7. The highest BCUT2D eigenvalue weighted by molar-refractivity contribution is 4.99. The zero-order valence-corrected chi connectivity index (χ0v) is 12.8. The van der Waals surface area contributed by atoms with Gasteiger partial charge in [-0.25, -0.2) is 0 Å². The van der Waals surface area contributed by atoms with Gasteiger partial charge >= 0.3 is 0 Å². The molecule has 2 aliphatic rings. The van der Waals surface area contributed by atoms with Crippen LogP contribution in [0.1, 0.15) is 71.6 Å². The van der Waals surface area contributed by atoms with E-state index in [1.165, 1.54) is 57.9 Å². The highest BCUT2D eigenvalue weighted by atomic mass is 15.2. The van der Waals surface area contributed by atoms with Gasteiger partial charge in [0.15, 0.2) is 0 Å². The van der Waals surface area contributed by atoms with Gasteiger partial charge in [-0.2, -0.15) is 5.26 Å². The number of likely N-dealkylation sites (tertiary alicyclic amines) is 1. The number of nitrogens with zero attached hydrogens (tertiary/aromatic N) is 2. The zero-order chi connectivity index (χ0) is 13.7. The van der Waals surface area contributed by atoms with Gasteiger partial charge < -0.3 is 0 Å². The molecule has 4 unspecified atom stereocenters. The Bertz CT molecular complexity index is 307. The quantitative estimate of drug-likeness (QED) is 0.752. The maximum absolute atomic E-state index is 9.49. The Balaban J connectivity index is 2.06. The van der Waals surface area contributed by atoms with E-state index in [4.69, 9.17) is 0 Å². The highest BCUT2D eigenvalue weighted by Crippen LogP contribution is 2.37. The van der Waals surface area contributed by atoms with Crippen molar-refractivity contribution in [3.63, 3.8) is 0 Å². The van der Waals surface area contributed by atoms with Crippen molar-refractivity contribution in [2.45, 2.75) is 83.7 Å². The SMILES string of the molecule is CCCC1CCC(C#N)C(N2CCCCC2CC)C1. The topological polar surface area (TPSA) is 27.0 Å². The van der Waals surface area contributed by atoms with Gasteiger partial charge in [0, 0.05) is 12.1 Å². The van der Waals surface area contributed by atoms with Gasteiger partial charge in [-0.1, -0.05) is 33.1 Å². The molecule has 2 rings (SSSR count). The first-order valence-corrected chi connectivity index (χ1v) is 8.45. The molecule has 0 N–H and O–H groups in total. The first kappa shape index (κ1) is 14.9. The van der Waals surface area contributed by atoms with Gasteiger partial charge in [0.05, 0.1) is 12.0 Å². The van der Waals surface area contributed by atoms with Gasteiger partial charge in [0.2, 0.25) is 0 Å². The zero-order valence-electron chi connectivity index (χ0n) is 12.8. The fraction of sp³-hybridized carbons (Fsp3) is 0.941. The predicted molar refractivity (Wildman–Crippen MR) is 79.8 cm³/mol. The van der Waals surface area contributed by atoms with E-state index < -0.39 is 0 Å². The van der Waals surface area contributed by atoms with Crippen molar-refractivity contribution in [2.75, 3.05) is 6.54 Å². The van der Waals surface area contributed by atoms with Crippen LogP contribution in [-0.2, 0) is 0 Å². The average Bonchev–Trinajstić information content (AvgIpc) is 2.47. The molecule has 1 aliphatic carbocycles. The molecule has 0 aromatic heterocycles. The van der Waals surface area contributed by atoms with Crippen LogP contribution in [0.5, 0.6) is 0 Å². The van der Waals surface area contributed by atoms with Gasteiger partial charge in [-0.3, -0.25) is 4.90 Å². The van der Waals surface area contributed by atoms with Crippen LogP contribution < -0.4 is 0 Å². The minimum absolute atomic E-state index is 0.292. The first-order chi connectivity index (χ1) is 9.30. The summed E-state index contributed by atoms with van der Waals surface area (Å²) in [6, 6.07) is 3.92. The molecule has 19 heavy (non-hydrogen) atoms. The molecule has 2 heteroatoms. The summed E-state index contributed by atoms with van der Waals surface area (Å²) in [5.41, 5.74) is 0. The van der Waals surface area contributed by atoms with Gasteiger partial charge in [0.1, 0.15) is 0 Å². The summed E-state index contributed by atoms with van der Waals surface area (Å²) in [4.78, 5) is 2.72. The van der Waals surface area contributed by atoms with E-state index in [9.17, 15) is 5.26 Å². The minimum Gasteiger partial charge on any atom is -0.296 e. The molecule has 2 fully saturated rings. The van der Waals surface area contributed by atoms with Gasteiger partial charge in [0.25, 0.3) is 0 Å². The smallest absolute Gasteiger partial charge is 0.0672 e. The van der Waals surface area contributed by atoms with Crippen molar-refractivity contribution in [1.29, 1.82) is 5.26 Å². The van der Waals surface area contributed by atoms with Crippen molar-refractivity contribution >= 4 is 0 Å². The molecule has 0 aromatic carbocycles. The van der Waals surface area contributed by atoms with Gasteiger partial charge in [-0.05, 0) is 51.0 Å². The fourth-order valence-electron chi connectivity index (χ4n) is 4.32. The lowest BCUT2D eigenvalue weighted by molar-refractivity contribution is 0.0354. The Kier molecular flexibility index (Phi) is 5.70. The molecule has 2 nitrogen and oxygen atoms in total. The second-order valence-corrected chi connectivity index (χ2v) is 6.57. The molecule has 0 radical (unpaired) electrons. The molecule has 4 atom stereocenters. The minimum atomic E-state index is 0.292. The second kappa shape index (κ2) is 7.29. The Hall–Kier alpha value is -0.550. The molecule has 1 saturated carbocycles. The lowest BCUT2D eigenvalue weighted by Crippen LogP contribution is -2.51. The Labute approximate surface area is 119 Å². The highest BCUT2D eigenvalue weighted by Gasteiger charge is 2.37. The van der Waals surface area contributed by atoms with Crippen LogP contribution in [-0.4, -0.2) is 23.5 Å². The maximum atomic E-state index is 9.49. The van der Waals surface area contributed by atoms with Crippen LogP contribution in [0, 0.1) is 23.2 Å². The number of hydrogen-bond acceptors (Lipinski definition) is 2. The van der Waals surface area contributed by atoms with Crippen LogP contribution in [0.25, 0.3) is 0 Å². The summed E-state index contributed by atoms with van der Waals surface area (Å²) >= 11 is 0. The van der Waals surface area contributed by atoms with Crippen LogP contribution in [0.3, 0.4) is 0 Å². The van der Waals surface area contributed by atoms with Gasteiger partial charge in [-0.15, -0.1) is 0 Å². The standard InChI is InChI=1S/C17H30N2/c1-3-7-14-9-10-15(13-18)17(12-14)19-11-6-5-8-16(19)4-2/h14-17H,3-12H2,1-2H3. The molecule has 1 aliphatic heterocycles. The Morgan fingerprint density at radius 3 is 2.68 bits per heavy atom. The fourth-order valence-corrected chi connectivity index (χ4v) is 4.32. The molecule has 0 amide bonds. The number of hydrogen-bond donors (Lipinski definition) is 0. The average molecular weight is 262 g/mol. The van der Waals surface area contributed by atoms with Crippen LogP contribution >= 0.6 is 0 Å². The summed E-state index contributed by atoms with van der Waals surface area (Å²) in [5, 5.41) is 9.49. The molecule has 1 heterocycles. The van der Waals surface area contributed by atoms with E-state index in [-0.39, 0.29) is 0 Å². The normalized spacial score (nSPS) is 36.9. The van der Waals surface area contributed by atoms with E-state index in [2.05, 4.69) is 24.8 Å². The second-order valence-electron chi connectivity index (χ2n) is 6.57. The largest absolute Gasteiger partial charge is 0.296 e. The lowest BCUT2D eigenvalue weighted by atomic mass is 9.75. The van der Waals surface area contributed by atoms with E-state index in [0.717, 1.165) is 18.4 Å². The van der Waals surface area contributed by atoms with Crippen LogP contribution in [0.15, 0.2) is 0 Å². The van der Waals surface area contributed by atoms with E-state index in [1.54, 1.807) is 0 Å². The van der Waals surface area contributed by atoms with Crippen molar-refractivity contribution in [2.24, 2.45) is 11.8 Å². The van der Waals surface area contributed by atoms with E-state index in [1.807, 2.05) is 0 Å². The van der Waals surface area contributed by atoms with E-state index >= 15 is 0 Å². The van der Waals surface area contributed by atoms with Crippen LogP contribution in [0.2, 0.25) is 0 Å². The summed E-state index contributed by atoms with van der Waals surface area (Å²) in [5.74, 6) is 1.17. The predicted octanol–water partition coefficient (Wildman–Crippen LogP) is 4.36.